The maximum Gasteiger partial charge on any atom is 0.118 e. The second kappa shape index (κ2) is 4.46. The van der Waals surface area contributed by atoms with Crippen LogP contribution in [0, 0.1) is 6.92 Å². The van der Waals surface area contributed by atoms with Gasteiger partial charge in [-0.3, -0.25) is 0 Å². The van der Waals surface area contributed by atoms with Crippen molar-refractivity contribution in [2.75, 3.05) is 7.11 Å². The van der Waals surface area contributed by atoms with Crippen LogP contribution in [-0.2, 0) is 19.5 Å². The molecular formula is C8H9OZn. The molecule has 0 fully saturated rings. The van der Waals surface area contributed by atoms with E-state index in [0.29, 0.717) is 0 Å². The molecule has 0 saturated carbocycles. The maximum atomic E-state index is 4.94. The van der Waals surface area contributed by atoms with Crippen LogP contribution in [-0.4, -0.2) is 7.11 Å². The summed E-state index contributed by atoms with van der Waals surface area (Å²) in [5.41, 5.74) is 1.01. The first-order chi connectivity index (χ1) is 4.33. The number of benzene rings is 1. The van der Waals surface area contributed by atoms with Gasteiger partial charge in [0.25, 0.3) is 0 Å². The third-order valence-electron chi connectivity index (χ3n) is 1.16. The minimum absolute atomic E-state index is 0. The summed E-state index contributed by atoms with van der Waals surface area (Å²) in [6.45, 7) is 3.74. The summed E-state index contributed by atoms with van der Waals surface area (Å²) in [5.74, 6) is 0.877. The average molecular weight is 187 g/mol. The molecule has 1 aromatic carbocycles. The Morgan fingerprint density at radius 3 is 2.10 bits per heavy atom. The molecule has 0 aliphatic heterocycles. The largest absolute Gasteiger partial charge is 0.497 e. The van der Waals surface area contributed by atoms with Gasteiger partial charge in [-0.1, -0.05) is 12.1 Å². The van der Waals surface area contributed by atoms with Gasteiger partial charge in [0.1, 0.15) is 5.75 Å². The summed E-state index contributed by atoms with van der Waals surface area (Å²) in [7, 11) is 1.65. The number of ether oxygens (including phenoxy) is 1. The molecule has 1 radical (unpaired) electrons. The zero-order chi connectivity index (χ0) is 6.69. The molecule has 49 valence electrons. The SMILES string of the molecule is [CH2]c1ccc(OC)cc1.[Zn]. The summed E-state index contributed by atoms with van der Waals surface area (Å²) in [6.07, 6.45) is 0. The van der Waals surface area contributed by atoms with Gasteiger partial charge in [0.05, 0.1) is 7.11 Å². The predicted octanol–water partition coefficient (Wildman–Crippen LogP) is 1.87. The monoisotopic (exact) mass is 185 g/mol. The number of rotatable bonds is 1. The third-order valence-corrected chi connectivity index (χ3v) is 1.16. The van der Waals surface area contributed by atoms with Crippen molar-refractivity contribution in [1.82, 2.24) is 0 Å². The minimum atomic E-state index is 0. The van der Waals surface area contributed by atoms with E-state index in [4.69, 9.17) is 4.74 Å². The van der Waals surface area contributed by atoms with Gasteiger partial charge in [-0.05, 0) is 24.6 Å². The minimum Gasteiger partial charge on any atom is -0.497 e. The standard InChI is InChI=1S/C8H9O.Zn/c1-7-3-5-8(9-2)6-4-7;/h3-6H,1H2,2H3;. The molecule has 10 heavy (non-hydrogen) atoms. The summed E-state index contributed by atoms with van der Waals surface area (Å²) < 4.78 is 4.94. The van der Waals surface area contributed by atoms with Gasteiger partial charge in [0, 0.05) is 19.5 Å². The second-order valence-electron chi connectivity index (χ2n) is 1.85. The summed E-state index contributed by atoms with van der Waals surface area (Å²) in [5, 5.41) is 0. The van der Waals surface area contributed by atoms with Gasteiger partial charge in [0.15, 0.2) is 0 Å². The first kappa shape index (κ1) is 9.64. The molecule has 0 atom stereocenters. The molecule has 0 N–H and O–H groups in total. The van der Waals surface area contributed by atoms with E-state index in [1.165, 1.54) is 0 Å². The van der Waals surface area contributed by atoms with Crippen LogP contribution in [0.3, 0.4) is 0 Å². The molecule has 0 bridgehead atoms. The van der Waals surface area contributed by atoms with Crippen LogP contribution < -0.4 is 4.74 Å². The van der Waals surface area contributed by atoms with Crippen molar-refractivity contribution in [3.63, 3.8) is 0 Å². The Morgan fingerprint density at radius 2 is 1.70 bits per heavy atom. The van der Waals surface area contributed by atoms with Crippen molar-refractivity contribution in [1.29, 1.82) is 0 Å². The van der Waals surface area contributed by atoms with Gasteiger partial charge >= 0.3 is 0 Å². The maximum absolute atomic E-state index is 4.94. The van der Waals surface area contributed by atoms with Crippen LogP contribution >= 0.6 is 0 Å². The van der Waals surface area contributed by atoms with Crippen LogP contribution in [0.5, 0.6) is 5.75 Å². The van der Waals surface area contributed by atoms with Crippen molar-refractivity contribution in [2.24, 2.45) is 0 Å². The Bertz CT molecular complexity index is 181. The van der Waals surface area contributed by atoms with Crippen LogP contribution in [0.4, 0.5) is 0 Å². The zero-order valence-corrected chi connectivity index (χ0v) is 9.10. The first-order valence-electron chi connectivity index (χ1n) is 2.79. The van der Waals surface area contributed by atoms with Gasteiger partial charge < -0.3 is 4.74 Å². The zero-order valence-electron chi connectivity index (χ0n) is 6.13. The quantitative estimate of drug-likeness (QED) is 0.609. The Hall–Kier alpha value is -0.357. The van der Waals surface area contributed by atoms with Gasteiger partial charge in [-0.2, -0.15) is 0 Å². The van der Waals surface area contributed by atoms with Gasteiger partial charge in [-0.15, -0.1) is 0 Å². The van der Waals surface area contributed by atoms with E-state index in [0.717, 1.165) is 11.3 Å². The molecule has 1 aromatic rings. The molecule has 0 saturated heterocycles. The summed E-state index contributed by atoms with van der Waals surface area (Å²) in [6, 6.07) is 7.61. The van der Waals surface area contributed by atoms with E-state index in [9.17, 15) is 0 Å². The molecule has 0 aliphatic rings. The summed E-state index contributed by atoms with van der Waals surface area (Å²) in [4.78, 5) is 0. The van der Waals surface area contributed by atoms with Crippen molar-refractivity contribution >= 4 is 0 Å². The van der Waals surface area contributed by atoms with Crippen LogP contribution in [0.2, 0.25) is 0 Å². The van der Waals surface area contributed by atoms with Gasteiger partial charge in [0.2, 0.25) is 0 Å². The Balaban J connectivity index is 0.000000810. The van der Waals surface area contributed by atoms with Crippen molar-refractivity contribution in [2.45, 2.75) is 0 Å². The predicted molar refractivity (Wildman–Crippen MR) is 37.5 cm³/mol. The van der Waals surface area contributed by atoms with E-state index >= 15 is 0 Å². The molecule has 0 spiro atoms. The number of methoxy groups -OCH3 is 1. The normalized spacial score (nSPS) is 8.20. The Morgan fingerprint density at radius 1 is 1.20 bits per heavy atom. The molecule has 0 aliphatic carbocycles. The molecular weight excluding hydrogens is 177 g/mol. The topological polar surface area (TPSA) is 9.23 Å². The fourth-order valence-corrected chi connectivity index (χ4v) is 0.626. The molecule has 1 nitrogen and oxygen atoms in total. The smallest absolute Gasteiger partial charge is 0.118 e. The van der Waals surface area contributed by atoms with E-state index in [2.05, 4.69) is 6.92 Å². The molecule has 1 rings (SSSR count). The molecule has 0 heterocycles. The molecule has 0 aromatic heterocycles. The fourth-order valence-electron chi connectivity index (χ4n) is 0.626. The van der Waals surface area contributed by atoms with Crippen LogP contribution in [0.25, 0.3) is 0 Å². The average Bonchev–Trinajstić information content (AvgIpc) is 1.90. The fraction of sp³-hybridized carbons (Fsp3) is 0.125. The van der Waals surface area contributed by atoms with E-state index in [1.54, 1.807) is 7.11 Å². The van der Waals surface area contributed by atoms with Crippen LogP contribution in [0.1, 0.15) is 5.56 Å². The molecule has 0 unspecified atom stereocenters. The van der Waals surface area contributed by atoms with Crippen molar-refractivity contribution < 1.29 is 24.2 Å². The first-order valence-corrected chi connectivity index (χ1v) is 2.79. The Labute approximate surface area is 74.2 Å². The molecule has 0 amide bonds. The second-order valence-corrected chi connectivity index (χ2v) is 1.85. The van der Waals surface area contributed by atoms with Gasteiger partial charge in [-0.25, -0.2) is 0 Å². The molecule has 2 heteroatoms. The number of hydrogen-bond donors (Lipinski definition) is 0. The summed E-state index contributed by atoms with van der Waals surface area (Å²) >= 11 is 0. The third kappa shape index (κ3) is 2.49. The van der Waals surface area contributed by atoms with Crippen molar-refractivity contribution in [3.05, 3.63) is 36.8 Å². The van der Waals surface area contributed by atoms with E-state index in [1.807, 2.05) is 24.3 Å². The number of hydrogen-bond acceptors (Lipinski definition) is 1. The Kier molecular flexibility index (Phi) is 4.30. The van der Waals surface area contributed by atoms with E-state index < -0.39 is 0 Å². The van der Waals surface area contributed by atoms with Crippen LogP contribution in [0.15, 0.2) is 24.3 Å². The van der Waals surface area contributed by atoms with E-state index in [-0.39, 0.29) is 19.5 Å². The van der Waals surface area contributed by atoms with Crippen molar-refractivity contribution in [3.8, 4) is 5.75 Å².